The summed E-state index contributed by atoms with van der Waals surface area (Å²) in [5.41, 5.74) is 0. The van der Waals surface area contributed by atoms with Gasteiger partial charge in [0.1, 0.15) is 0 Å². The second kappa shape index (κ2) is 1.40. The summed E-state index contributed by atoms with van der Waals surface area (Å²) in [5, 5.41) is 5.61. The summed E-state index contributed by atoms with van der Waals surface area (Å²) in [4.78, 5) is 0. The van der Waals surface area contributed by atoms with Gasteiger partial charge in [-0.3, -0.25) is 4.55 Å². The van der Waals surface area contributed by atoms with Crippen molar-refractivity contribution in [3.05, 3.63) is 0 Å². The van der Waals surface area contributed by atoms with E-state index in [2.05, 4.69) is 0 Å². The van der Waals surface area contributed by atoms with E-state index in [9.17, 15) is 0 Å². The number of rotatable bonds is 0. The van der Waals surface area contributed by atoms with Crippen LogP contribution in [0.4, 0.5) is 0 Å². The number of nitrogens with one attached hydrogen (secondary N) is 1. The normalized spacial score (nSPS) is 15.5. The maximum atomic E-state index is 8.78. The van der Waals surface area contributed by atoms with E-state index in [4.69, 9.17) is 13.9 Å². The first-order chi connectivity index (χ1) is 1.73. The van der Waals surface area contributed by atoms with Crippen LogP contribution in [0.5, 0.6) is 0 Å². The molecule has 0 aliphatic rings. The van der Waals surface area contributed by atoms with Gasteiger partial charge in [0, 0.05) is 0 Å². The maximum Gasteiger partial charge on any atom is 0.246 e. The van der Waals surface area contributed by atoms with Crippen LogP contribution in [0.3, 0.4) is 0 Å². The molecular weight excluding hydrogens is 78.1 g/mol. The largest absolute Gasteiger partial charge is 0.293 e. The molecular formula is H2NO2S. The Kier molecular flexibility index (Phi) is 1.42. The molecule has 0 saturated heterocycles. The average Bonchev–Trinajstić information content (AvgIpc) is 0.811. The zero-order valence-corrected chi connectivity index (χ0v) is 2.58. The van der Waals surface area contributed by atoms with E-state index < -0.39 is 11.3 Å². The Morgan fingerprint density at radius 1 is 2.00 bits per heavy atom. The Morgan fingerprint density at radius 2 is 2.00 bits per heavy atom. The number of hydrogen-bond donors (Lipinski definition) is 1. The molecule has 0 fully saturated rings. The molecule has 0 aromatic rings. The van der Waals surface area contributed by atoms with Crippen molar-refractivity contribution in [1.82, 2.24) is 5.14 Å². The molecule has 0 aliphatic heterocycles. The molecule has 3 nitrogen and oxygen atoms in total. The van der Waals surface area contributed by atoms with Gasteiger partial charge in [-0.25, -0.2) is 4.21 Å². The van der Waals surface area contributed by atoms with Gasteiger partial charge in [0.2, 0.25) is 11.3 Å². The second-order valence-corrected chi connectivity index (χ2v) is 0.747. The molecule has 0 bridgehead atoms. The summed E-state index contributed by atoms with van der Waals surface area (Å²) in [6.07, 6.45) is 0. The molecule has 25 valence electrons. The zero-order chi connectivity index (χ0) is 3.58. The highest BCUT2D eigenvalue weighted by Gasteiger charge is 1.62. The van der Waals surface area contributed by atoms with Crippen molar-refractivity contribution in [1.29, 1.82) is 0 Å². The van der Waals surface area contributed by atoms with Crippen molar-refractivity contribution in [2.75, 3.05) is 0 Å². The second-order valence-electron chi connectivity index (χ2n) is 0.249. The van der Waals surface area contributed by atoms with Gasteiger partial charge in [-0.15, -0.1) is 5.14 Å². The van der Waals surface area contributed by atoms with Crippen molar-refractivity contribution in [2.45, 2.75) is 0 Å². The third-order valence-electron chi connectivity index (χ3n) is 0. The highest BCUT2D eigenvalue weighted by Crippen LogP contribution is 1.41. The maximum absolute atomic E-state index is 8.78. The fraction of sp³-hybridized carbons (Fsp3) is 0. The molecule has 0 heterocycles. The van der Waals surface area contributed by atoms with Gasteiger partial charge in [-0.1, -0.05) is 0 Å². The van der Waals surface area contributed by atoms with Gasteiger partial charge in [0.05, 0.1) is 0 Å². The predicted molar refractivity (Wildman–Crippen MR) is 13.9 cm³/mol. The van der Waals surface area contributed by atoms with Gasteiger partial charge >= 0.3 is 0 Å². The van der Waals surface area contributed by atoms with Crippen LogP contribution in [0.25, 0.3) is 0 Å². The summed E-state index contributed by atoms with van der Waals surface area (Å²) >= 11 is -2.36. The Hall–Kier alpha value is 0.0700. The molecule has 4 heavy (non-hydrogen) atoms. The molecule has 4 heteroatoms. The third-order valence-corrected chi connectivity index (χ3v) is 0. The van der Waals surface area contributed by atoms with Crippen molar-refractivity contribution in [3.63, 3.8) is 0 Å². The standard InChI is InChI=1S/H2NO2S/c1-4(2)3/h1H,(H,2,3). The highest BCUT2D eigenvalue weighted by molar-refractivity contribution is 7.76. The number of hydrogen-bond acceptors (Lipinski definition) is 1. The molecule has 0 saturated carbocycles. The summed E-state index contributed by atoms with van der Waals surface area (Å²) in [6.45, 7) is 0. The van der Waals surface area contributed by atoms with E-state index >= 15 is 0 Å². The van der Waals surface area contributed by atoms with Crippen molar-refractivity contribution in [3.8, 4) is 0 Å². The minimum atomic E-state index is -2.36. The van der Waals surface area contributed by atoms with E-state index in [1.807, 2.05) is 0 Å². The van der Waals surface area contributed by atoms with Crippen LogP contribution in [-0.4, -0.2) is 8.76 Å². The van der Waals surface area contributed by atoms with E-state index in [-0.39, 0.29) is 0 Å². The van der Waals surface area contributed by atoms with Crippen LogP contribution in [0.15, 0.2) is 0 Å². The Labute approximate surface area is 26.2 Å². The zero-order valence-electron chi connectivity index (χ0n) is 1.76. The fourth-order valence-electron chi connectivity index (χ4n) is 0. The fourth-order valence-corrected chi connectivity index (χ4v) is 0. The average molecular weight is 80.1 g/mol. The van der Waals surface area contributed by atoms with Crippen LogP contribution in [0, 0.1) is 0 Å². The van der Waals surface area contributed by atoms with Crippen LogP contribution in [-0.2, 0) is 11.3 Å². The molecule has 2 N–H and O–H groups in total. The van der Waals surface area contributed by atoms with Crippen LogP contribution in [0.1, 0.15) is 0 Å². The highest BCUT2D eigenvalue weighted by atomic mass is 32.2. The third kappa shape index (κ3) is 484. The molecule has 0 aliphatic carbocycles. The molecule has 1 radical (unpaired) electrons. The van der Waals surface area contributed by atoms with E-state index in [0.29, 0.717) is 0 Å². The lowest BCUT2D eigenvalue weighted by Gasteiger charge is -1.58. The first-order valence-corrected chi connectivity index (χ1v) is 1.66. The van der Waals surface area contributed by atoms with Gasteiger partial charge in [-0.05, 0) is 0 Å². The van der Waals surface area contributed by atoms with Crippen LogP contribution >= 0.6 is 0 Å². The summed E-state index contributed by atoms with van der Waals surface area (Å²) in [5.74, 6) is 0. The lowest BCUT2D eigenvalue weighted by molar-refractivity contribution is 0.564. The predicted octanol–water partition coefficient (Wildman–Crippen LogP) is -0.594. The smallest absolute Gasteiger partial charge is 0.246 e. The summed E-state index contributed by atoms with van der Waals surface area (Å²) in [6, 6.07) is 0. The molecule has 1 unspecified atom stereocenters. The van der Waals surface area contributed by atoms with Gasteiger partial charge < -0.3 is 0 Å². The Balaban J connectivity index is 2.80. The van der Waals surface area contributed by atoms with Gasteiger partial charge in [0.15, 0.2) is 0 Å². The monoisotopic (exact) mass is 80.0 g/mol. The van der Waals surface area contributed by atoms with Crippen molar-refractivity contribution < 1.29 is 8.76 Å². The lowest BCUT2D eigenvalue weighted by atomic mass is 13.9. The Bertz CT molecular complexity index is 29.0. The topological polar surface area (TPSA) is 61.1 Å². The SMILES string of the molecule is [NH]S(=O)O. The minimum absolute atomic E-state index is 2.36. The molecule has 1 atom stereocenters. The van der Waals surface area contributed by atoms with Gasteiger partial charge in [-0.2, -0.15) is 0 Å². The van der Waals surface area contributed by atoms with Gasteiger partial charge in [0.25, 0.3) is 0 Å². The molecule has 0 amide bonds. The quantitative estimate of drug-likeness (QED) is 0.395. The molecule has 0 aromatic heterocycles. The van der Waals surface area contributed by atoms with Crippen LogP contribution in [0.2, 0.25) is 0 Å². The molecule has 0 rings (SSSR count). The Morgan fingerprint density at radius 3 is 2.00 bits per heavy atom. The summed E-state index contributed by atoms with van der Waals surface area (Å²) < 4.78 is 16.0. The molecule has 0 aromatic carbocycles. The van der Waals surface area contributed by atoms with E-state index in [1.54, 1.807) is 0 Å². The van der Waals surface area contributed by atoms with E-state index in [1.165, 1.54) is 0 Å². The summed E-state index contributed by atoms with van der Waals surface area (Å²) in [7, 11) is 0. The first kappa shape index (κ1) is 4.07. The molecule has 0 spiro atoms. The first-order valence-electron chi connectivity index (χ1n) is 0.553. The minimum Gasteiger partial charge on any atom is -0.293 e. The lowest BCUT2D eigenvalue weighted by Crippen LogP contribution is -1.78. The van der Waals surface area contributed by atoms with Crippen LogP contribution < -0.4 is 5.14 Å². The van der Waals surface area contributed by atoms with E-state index in [0.717, 1.165) is 0 Å². The van der Waals surface area contributed by atoms with Crippen molar-refractivity contribution >= 4 is 11.3 Å². The van der Waals surface area contributed by atoms with Crippen molar-refractivity contribution in [2.24, 2.45) is 0 Å².